The highest BCUT2D eigenvalue weighted by molar-refractivity contribution is 6.00. The fourth-order valence-corrected chi connectivity index (χ4v) is 4.22. The minimum absolute atomic E-state index is 0.264. The number of carbonyl (C=O) groups excluding carboxylic acids is 2. The van der Waals surface area contributed by atoms with E-state index in [1.807, 2.05) is 81.4 Å². The van der Waals surface area contributed by atoms with Gasteiger partial charge < -0.3 is 39.1 Å². The minimum atomic E-state index is -0.280. The number of carbonyl (C=O) groups is 2. The van der Waals surface area contributed by atoms with Crippen LogP contribution in [0.4, 0.5) is 0 Å². The molecule has 0 fully saturated rings. The second kappa shape index (κ2) is 16.5. The average molecular weight is 607 g/mol. The third-order valence-corrected chi connectivity index (χ3v) is 6.65. The highest BCUT2D eigenvalue weighted by Crippen LogP contribution is 2.25. The number of ether oxygens (including phenoxy) is 6. The lowest BCUT2D eigenvalue weighted by molar-refractivity contribution is 0.0273. The summed E-state index contributed by atoms with van der Waals surface area (Å²) < 4.78 is 34.1. The summed E-state index contributed by atoms with van der Waals surface area (Å²) in [5.74, 6) is 2.17. The molecule has 0 saturated heterocycles. The fourth-order valence-electron chi connectivity index (χ4n) is 4.22. The summed E-state index contributed by atoms with van der Waals surface area (Å²) in [5.41, 5.74) is 1.44. The fraction of sp³-hybridized carbons (Fsp3) is 0.412. The SMILES string of the molecule is CC(C)(C)c1cc2cc(c1)C(=O)NCCOc1ccc(cc1)OCCOCCOCCOc1ccc(cc1)OCCNC2=O. The van der Waals surface area contributed by atoms with Gasteiger partial charge in [-0.3, -0.25) is 9.59 Å². The predicted octanol–water partition coefficient (Wildman–Crippen LogP) is 4.41. The molecule has 0 aromatic heterocycles. The van der Waals surface area contributed by atoms with Crippen molar-refractivity contribution in [2.45, 2.75) is 26.2 Å². The van der Waals surface area contributed by atoms with Crippen LogP contribution in [0.15, 0.2) is 66.7 Å². The molecule has 10 heteroatoms. The minimum Gasteiger partial charge on any atom is -0.492 e. The monoisotopic (exact) mass is 606 g/mol. The van der Waals surface area contributed by atoms with E-state index >= 15 is 0 Å². The average Bonchev–Trinajstić information content (AvgIpc) is 3.02. The third kappa shape index (κ3) is 10.8. The van der Waals surface area contributed by atoms with E-state index < -0.39 is 0 Å². The van der Waals surface area contributed by atoms with Gasteiger partial charge in [0.25, 0.3) is 11.8 Å². The normalized spacial score (nSPS) is 16.6. The lowest BCUT2D eigenvalue weighted by Gasteiger charge is -2.21. The van der Waals surface area contributed by atoms with Crippen LogP contribution in [0.2, 0.25) is 0 Å². The molecule has 2 amide bonds. The number of hydrogen-bond donors (Lipinski definition) is 2. The van der Waals surface area contributed by atoms with Gasteiger partial charge >= 0.3 is 0 Å². The molecule has 3 aromatic carbocycles. The Hall–Kier alpha value is -4.28. The van der Waals surface area contributed by atoms with Crippen molar-refractivity contribution in [2.24, 2.45) is 0 Å². The molecule has 2 N–H and O–H groups in total. The largest absolute Gasteiger partial charge is 0.492 e. The molecular formula is C34H42N2O8. The molecule has 0 atom stereocenters. The van der Waals surface area contributed by atoms with Gasteiger partial charge in [-0.05, 0) is 77.7 Å². The summed E-state index contributed by atoms with van der Waals surface area (Å²) >= 11 is 0. The van der Waals surface area contributed by atoms with E-state index in [0.717, 1.165) is 5.56 Å². The molecule has 236 valence electrons. The summed E-state index contributed by atoms with van der Waals surface area (Å²) in [6.07, 6.45) is 0. The van der Waals surface area contributed by atoms with E-state index in [-0.39, 0.29) is 30.4 Å². The molecule has 10 nitrogen and oxygen atoms in total. The van der Waals surface area contributed by atoms with Crippen LogP contribution in [0.25, 0.3) is 0 Å². The first kappa shape index (κ1) is 32.6. The maximum absolute atomic E-state index is 13.0. The highest BCUT2D eigenvalue weighted by atomic mass is 16.6. The lowest BCUT2D eigenvalue weighted by atomic mass is 9.85. The van der Waals surface area contributed by atoms with Crippen molar-refractivity contribution in [3.8, 4) is 23.0 Å². The topological polar surface area (TPSA) is 114 Å². The van der Waals surface area contributed by atoms with Gasteiger partial charge in [0.1, 0.15) is 49.4 Å². The molecule has 3 aromatic rings. The van der Waals surface area contributed by atoms with Crippen molar-refractivity contribution < 1.29 is 38.0 Å². The molecule has 0 aliphatic carbocycles. The van der Waals surface area contributed by atoms with Gasteiger partial charge in [0.2, 0.25) is 0 Å². The van der Waals surface area contributed by atoms with Crippen molar-refractivity contribution in [2.75, 3.05) is 65.9 Å². The Labute approximate surface area is 258 Å². The Kier molecular flexibility index (Phi) is 12.3. The number of hydrogen-bond acceptors (Lipinski definition) is 8. The quantitative estimate of drug-likeness (QED) is 0.387. The van der Waals surface area contributed by atoms with Gasteiger partial charge in [0, 0.05) is 11.1 Å². The Morgan fingerprint density at radius 1 is 0.500 bits per heavy atom. The first-order valence-corrected chi connectivity index (χ1v) is 14.9. The zero-order chi connectivity index (χ0) is 31.2. The molecule has 4 aliphatic heterocycles. The van der Waals surface area contributed by atoms with Crippen LogP contribution in [0, 0.1) is 0 Å². The molecule has 4 heterocycles. The van der Waals surface area contributed by atoms with Gasteiger partial charge in [-0.25, -0.2) is 0 Å². The number of rotatable bonds is 0. The van der Waals surface area contributed by atoms with Crippen LogP contribution >= 0.6 is 0 Å². The van der Waals surface area contributed by atoms with E-state index in [2.05, 4.69) is 10.6 Å². The van der Waals surface area contributed by atoms with Crippen LogP contribution in [0.1, 0.15) is 47.1 Å². The molecule has 6 bridgehead atoms. The summed E-state index contributed by atoms with van der Waals surface area (Å²) in [7, 11) is 0. The van der Waals surface area contributed by atoms with Crippen molar-refractivity contribution in [3.63, 3.8) is 0 Å². The maximum atomic E-state index is 13.0. The maximum Gasteiger partial charge on any atom is 0.251 e. The Balaban J connectivity index is 1.39. The van der Waals surface area contributed by atoms with E-state index in [0.29, 0.717) is 86.9 Å². The van der Waals surface area contributed by atoms with Gasteiger partial charge in [-0.15, -0.1) is 0 Å². The van der Waals surface area contributed by atoms with Crippen molar-refractivity contribution in [1.82, 2.24) is 10.6 Å². The smallest absolute Gasteiger partial charge is 0.251 e. The molecular weight excluding hydrogens is 564 g/mol. The first-order chi connectivity index (χ1) is 21.3. The van der Waals surface area contributed by atoms with Crippen molar-refractivity contribution in [3.05, 3.63) is 83.4 Å². The second-order valence-electron chi connectivity index (χ2n) is 11.1. The number of benzene rings is 3. The van der Waals surface area contributed by atoms with Crippen LogP contribution in [0.3, 0.4) is 0 Å². The predicted molar refractivity (Wildman–Crippen MR) is 166 cm³/mol. The van der Waals surface area contributed by atoms with Gasteiger partial charge in [-0.2, -0.15) is 0 Å². The zero-order valence-electron chi connectivity index (χ0n) is 25.7. The van der Waals surface area contributed by atoms with Gasteiger partial charge in [0.15, 0.2) is 0 Å². The highest BCUT2D eigenvalue weighted by Gasteiger charge is 2.20. The summed E-state index contributed by atoms with van der Waals surface area (Å²) in [6, 6.07) is 19.8. The summed E-state index contributed by atoms with van der Waals surface area (Å²) in [4.78, 5) is 26.1. The molecule has 44 heavy (non-hydrogen) atoms. The zero-order valence-corrected chi connectivity index (χ0v) is 25.7. The van der Waals surface area contributed by atoms with Crippen LogP contribution in [-0.4, -0.2) is 77.8 Å². The molecule has 0 radical (unpaired) electrons. The van der Waals surface area contributed by atoms with E-state index in [1.54, 1.807) is 6.07 Å². The Bertz CT molecular complexity index is 1240. The van der Waals surface area contributed by atoms with Crippen LogP contribution in [-0.2, 0) is 14.9 Å². The van der Waals surface area contributed by atoms with E-state index in [9.17, 15) is 9.59 Å². The molecule has 7 rings (SSSR count). The van der Waals surface area contributed by atoms with Crippen LogP contribution in [0.5, 0.6) is 23.0 Å². The molecule has 0 saturated carbocycles. The number of nitrogens with one attached hydrogen (secondary N) is 2. The van der Waals surface area contributed by atoms with Gasteiger partial charge in [0.05, 0.1) is 39.5 Å². The van der Waals surface area contributed by atoms with Crippen molar-refractivity contribution in [1.29, 1.82) is 0 Å². The number of amides is 2. The second-order valence-corrected chi connectivity index (χ2v) is 11.1. The lowest BCUT2D eigenvalue weighted by Crippen LogP contribution is -2.31. The Morgan fingerprint density at radius 3 is 1.20 bits per heavy atom. The standard InChI is InChI=1S/C34H42N2O8/c1-34(2,3)27-23-25-22-26(24-27)33(38)36-13-15-42-29-6-10-31(11-7-29)44-21-19-40-17-16-39-18-20-43-30-8-4-28(5-9-30)41-14-12-35-32(25)37/h4-11,22-24H,12-21H2,1-3H3,(H,35,37)(H,36,38). The van der Waals surface area contributed by atoms with Crippen molar-refractivity contribution >= 4 is 11.8 Å². The van der Waals surface area contributed by atoms with E-state index in [1.165, 1.54) is 0 Å². The summed E-state index contributed by atoms with van der Waals surface area (Å²) in [5, 5.41) is 5.77. The Morgan fingerprint density at radius 2 is 0.841 bits per heavy atom. The summed E-state index contributed by atoms with van der Waals surface area (Å²) in [6.45, 7) is 9.90. The first-order valence-electron chi connectivity index (χ1n) is 14.9. The third-order valence-electron chi connectivity index (χ3n) is 6.65. The van der Waals surface area contributed by atoms with E-state index in [4.69, 9.17) is 28.4 Å². The molecule has 4 aliphatic rings. The van der Waals surface area contributed by atoms with Crippen LogP contribution < -0.4 is 29.6 Å². The van der Waals surface area contributed by atoms with Gasteiger partial charge in [-0.1, -0.05) is 20.8 Å². The molecule has 0 unspecified atom stereocenters. The molecule has 0 spiro atoms.